The van der Waals surface area contributed by atoms with Crippen molar-refractivity contribution < 1.29 is 80.9 Å². The Morgan fingerprint density at radius 1 is 0.442 bits per heavy atom. The molecule has 0 aromatic heterocycles. The summed E-state index contributed by atoms with van der Waals surface area (Å²) >= 11 is 0. The molecule has 2 aliphatic heterocycles. The van der Waals surface area contributed by atoms with Crippen LogP contribution in [0.25, 0.3) is 0 Å². The first kappa shape index (κ1) is 35.4. The van der Waals surface area contributed by atoms with Gasteiger partial charge in [0.15, 0.2) is 36.8 Å². The van der Waals surface area contributed by atoms with Crippen LogP contribution >= 0.6 is 0 Å². The first-order valence-electron chi connectivity index (χ1n) is 13.1. The Morgan fingerprint density at radius 3 is 1.23 bits per heavy atom. The normalized spacial score (nSPS) is 31.9. The molecular weight excluding hydrogens is 584 g/mol. The van der Waals surface area contributed by atoms with E-state index in [9.17, 15) is 33.6 Å². The molecule has 0 aliphatic carbocycles. The summed E-state index contributed by atoms with van der Waals surface area (Å²) in [6.07, 6.45) is -14.1. The van der Waals surface area contributed by atoms with Crippen LogP contribution in [0.5, 0.6) is 0 Å². The largest absolute Gasteiger partial charge is 0.456 e. The Bertz CT molecular complexity index is 1070. The van der Waals surface area contributed by atoms with Crippen molar-refractivity contribution in [3.05, 3.63) is 0 Å². The molecule has 242 valence electrons. The van der Waals surface area contributed by atoms with Gasteiger partial charge in [0, 0.05) is 48.5 Å². The maximum Gasteiger partial charge on any atom is 0.305 e. The van der Waals surface area contributed by atoms with Gasteiger partial charge < -0.3 is 47.4 Å². The molecule has 2 aliphatic rings. The molecule has 2 fully saturated rings. The van der Waals surface area contributed by atoms with Crippen molar-refractivity contribution in [2.24, 2.45) is 0 Å². The average Bonchev–Trinajstić information content (AvgIpc) is 2.84. The fourth-order valence-corrected chi connectivity index (χ4v) is 4.54. The number of carbonyl (C=O) groups is 7. The van der Waals surface area contributed by atoms with E-state index in [-0.39, 0.29) is 0 Å². The van der Waals surface area contributed by atoms with Crippen LogP contribution in [-0.2, 0) is 80.9 Å². The van der Waals surface area contributed by atoms with E-state index in [4.69, 9.17) is 47.4 Å². The van der Waals surface area contributed by atoms with Crippen molar-refractivity contribution >= 4 is 41.8 Å². The van der Waals surface area contributed by atoms with Crippen LogP contribution in [0.3, 0.4) is 0 Å². The van der Waals surface area contributed by atoms with Crippen molar-refractivity contribution in [1.82, 2.24) is 0 Å². The van der Waals surface area contributed by atoms with Gasteiger partial charge in [-0.05, 0) is 6.92 Å². The molecule has 17 nitrogen and oxygen atoms in total. The Labute approximate surface area is 246 Å². The molecule has 0 amide bonds. The molecule has 0 radical (unpaired) electrons. The molecule has 0 spiro atoms. The Kier molecular flexibility index (Phi) is 12.8. The summed E-state index contributed by atoms with van der Waals surface area (Å²) in [6, 6.07) is 0. The molecule has 2 rings (SSSR count). The lowest BCUT2D eigenvalue weighted by molar-refractivity contribution is -0.327. The van der Waals surface area contributed by atoms with Gasteiger partial charge in [-0.25, -0.2) is 0 Å². The third kappa shape index (κ3) is 10.4. The summed E-state index contributed by atoms with van der Waals surface area (Å²) in [4.78, 5) is 83.4. The summed E-state index contributed by atoms with van der Waals surface area (Å²) in [5.41, 5.74) is 0. The molecule has 0 unspecified atom stereocenters. The predicted molar refractivity (Wildman–Crippen MR) is 134 cm³/mol. The van der Waals surface area contributed by atoms with E-state index < -0.39 is 110 Å². The first-order valence-corrected chi connectivity index (χ1v) is 13.1. The monoisotopic (exact) mass is 620 g/mol. The number of rotatable bonds is 10. The molecule has 17 heteroatoms. The average molecular weight is 621 g/mol. The quantitative estimate of drug-likeness (QED) is 0.225. The number of esters is 7. The van der Waals surface area contributed by atoms with Crippen molar-refractivity contribution in [3.63, 3.8) is 0 Å². The van der Waals surface area contributed by atoms with Crippen LogP contribution in [0.1, 0.15) is 55.4 Å². The fourth-order valence-electron chi connectivity index (χ4n) is 4.54. The van der Waals surface area contributed by atoms with Crippen LogP contribution in [0.2, 0.25) is 0 Å². The summed E-state index contributed by atoms with van der Waals surface area (Å²) in [5, 5.41) is 0. The third-order valence-electron chi connectivity index (χ3n) is 5.84. The zero-order valence-electron chi connectivity index (χ0n) is 24.9. The summed E-state index contributed by atoms with van der Waals surface area (Å²) in [7, 11) is 0. The lowest BCUT2D eigenvalue weighted by Crippen LogP contribution is -2.64. The van der Waals surface area contributed by atoms with Crippen LogP contribution in [0.15, 0.2) is 0 Å². The molecule has 43 heavy (non-hydrogen) atoms. The second-order valence-corrected chi connectivity index (χ2v) is 9.64. The van der Waals surface area contributed by atoms with Gasteiger partial charge in [0.25, 0.3) is 0 Å². The molecule has 0 aromatic carbocycles. The number of carbonyl (C=O) groups excluding carboxylic acids is 7. The Balaban J connectivity index is 2.47. The molecule has 2 saturated heterocycles. The molecular formula is C26H36O17. The number of hydrogen-bond donors (Lipinski definition) is 0. The zero-order chi connectivity index (χ0) is 32.6. The molecule has 0 saturated carbocycles. The molecule has 10 atom stereocenters. The van der Waals surface area contributed by atoms with Crippen LogP contribution in [-0.4, -0.2) is 110 Å². The Hall–Kier alpha value is -3.83. The van der Waals surface area contributed by atoms with E-state index in [2.05, 4.69) is 0 Å². The van der Waals surface area contributed by atoms with Crippen LogP contribution in [0.4, 0.5) is 0 Å². The van der Waals surface area contributed by atoms with Gasteiger partial charge in [-0.1, -0.05) is 0 Å². The van der Waals surface area contributed by atoms with E-state index in [1.54, 1.807) is 0 Å². The van der Waals surface area contributed by atoms with Crippen molar-refractivity contribution in [1.29, 1.82) is 0 Å². The van der Waals surface area contributed by atoms with Gasteiger partial charge in [0.05, 0.1) is 12.7 Å². The van der Waals surface area contributed by atoms with Crippen molar-refractivity contribution in [3.8, 4) is 0 Å². The Morgan fingerprint density at radius 2 is 0.791 bits per heavy atom. The second-order valence-electron chi connectivity index (χ2n) is 9.64. The van der Waals surface area contributed by atoms with Crippen molar-refractivity contribution in [2.75, 3.05) is 6.61 Å². The van der Waals surface area contributed by atoms with Gasteiger partial charge in [0.1, 0.15) is 6.10 Å². The molecule has 2 heterocycles. The fraction of sp³-hybridized carbons (Fsp3) is 0.731. The second kappa shape index (κ2) is 15.6. The predicted octanol–water partition coefficient (Wildman–Crippen LogP) is -0.374. The van der Waals surface area contributed by atoms with Gasteiger partial charge in [-0.3, -0.25) is 33.6 Å². The first-order chi connectivity index (χ1) is 20.0. The minimum Gasteiger partial charge on any atom is -0.456 e. The van der Waals surface area contributed by atoms with Gasteiger partial charge in [-0.15, -0.1) is 0 Å². The molecule has 0 aromatic rings. The zero-order valence-corrected chi connectivity index (χ0v) is 24.9. The molecule has 0 N–H and O–H groups in total. The van der Waals surface area contributed by atoms with E-state index in [1.807, 2.05) is 0 Å². The van der Waals surface area contributed by atoms with E-state index in [0.29, 0.717) is 0 Å². The maximum absolute atomic E-state index is 12.0. The van der Waals surface area contributed by atoms with Gasteiger partial charge in [0.2, 0.25) is 12.4 Å². The maximum atomic E-state index is 12.0. The van der Waals surface area contributed by atoms with Gasteiger partial charge >= 0.3 is 41.8 Å². The van der Waals surface area contributed by atoms with E-state index in [0.717, 1.165) is 48.5 Å². The highest BCUT2D eigenvalue weighted by molar-refractivity contribution is 5.70. The SMILES string of the molecule is CC(=O)O[C@@H]1O[C@@H](CO[C@@H]2O[C@@H](C)[C@@H](OC(C)=O)[C@@H](OC(C)=O)[C@@H]2OC(C)=O)[C@@H](OC(C)=O)[C@@H](OC(C)=O)[C@@H]1OC(C)=O. The topological polar surface area (TPSA) is 212 Å². The highest BCUT2D eigenvalue weighted by Gasteiger charge is 2.55. The standard InChI is InChI=1S/C26H36O17/c1-10-19(36-11(2)27)21(38-13(4)29)23(40-15(6)31)25(35-10)34-9-18-20(37-12(3)28)22(39-14(5)30)24(41-16(7)32)26(43-18)42-17(8)33/h10,18-26H,9H2,1-8H3/t10-,18-,19+,20+,21+,22+,23-,24-,25+,26+/m0/s1. The lowest BCUT2D eigenvalue weighted by atomic mass is 9.97. The van der Waals surface area contributed by atoms with Crippen molar-refractivity contribution in [2.45, 2.75) is 117 Å². The van der Waals surface area contributed by atoms with Gasteiger partial charge in [-0.2, -0.15) is 0 Å². The number of ether oxygens (including phenoxy) is 10. The van der Waals surface area contributed by atoms with E-state index >= 15 is 0 Å². The minimum atomic E-state index is -1.65. The third-order valence-corrected chi connectivity index (χ3v) is 5.84. The van der Waals surface area contributed by atoms with Crippen LogP contribution in [0, 0.1) is 0 Å². The summed E-state index contributed by atoms with van der Waals surface area (Å²) in [6.45, 7) is 8.41. The van der Waals surface area contributed by atoms with E-state index in [1.165, 1.54) is 6.92 Å². The minimum absolute atomic E-state index is 0.569. The molecule has 0 bridgehead atoms. The number of hydrogen-bond acceptors (Lipinski definition) is 17. The summed E-state index contributed by atoms with van der Waals surface area (Å²) < 4.78 is 54.5. The lowest BCUT2D eigenvalue weighted by Gasteiger charge is -2.45. The smallest absolute Gasteiger partial charge is 0.305 e. The highest BCUT2D eigenvalue weighted by Crippen LogP contribution is 2.33. The van der Waals surface area contributed by atoms with Crippen LogP contribution < -0.4 is 0 Å². The highest BCUT2D eigenvalue weighted by atomic mass is 16.8. The summed E-state index contributed by atoms with van der Waals surface area (Å²) in [5.74, 6) is -5.75.